The van der Waals surface area contributed by atoms with Crippen LogP contribution < -0.4 is 14.8 Å². The molecule has 264 valence electrons. The number of ketones is 1. The van der Waals surface area contributed by atoms with Gasteiger partial charge >= 0.3 is 14.1 Å². The summed E-state index contributed by atoms with van der Waals surface area (Å²) < 4.78 is 47.7. The fraction of sp³-hybridized carbons (Fsp3) is 0.618. The van der Waals surface area contributed by atoms with Crippen molar-refractivity contribution >= 4 is 19.6 Å². The van der Waals surface area contributed by atoms with Crippen molar-refractivity contribution in [3.8, 4) is 11.5 Å². The van der Waals surface area contributed by atoms with E-state index in [4.69, 9.17) is 9.47 Å². The zero-order valence-corrected chi connectivity index (χ0v) is 28.2. The summed E-state index contributed by atoms with van der Waals surface area (Å²) in [6.07, 6.45) is 11.7. The van der Waals surface area contributed by atoms with Crippen molar-refractivity contribution in [1.82, 2.24) is 10.3 Å². The van der Waals surface area contributed by atoms with Crippen LogP contribution in [0, 0.1) is 0 Å². The van der Waals surface area contributed by atoms with Crippen LogP contribution in [0.3, 0.4) is 0 Å². The van der Waals surface area contributed by atoms with E-state index in [1.54, 1.807) is 24.3 Å². The fourth-order valence-electron chi connectivity index (χ4n) is 5.04. The van der Waals surface area contributed by atoms with Gasteiger partial charge in [0.1, 0.15) is 18.1 Å². The lowest BCUT2D eigenvalue weighted by Gasteiger charge is -2.18. The smallest absolute Gasteiger partial charge is 0.422 e. The van der Waals surface area contributed by atoms with Crippen LogP contribution in [0.15, 0.2) is 42.6 Å². The molecule has 1 heterocycles. The molecule has 13 heteroatoms. The van der Waals surface area contributed by atoms with E-state index in [0.29, 0.717) is 23.4 Å². The Kier molecular flexibility index (Phi) is 18.9. The molecule has 0 unspecified atom stereocenters. The van der Waals surface area contributed by atoms with Crippen molar-refractivity contribution in [2.24, 2.45) is 0 Å². The summed E-state index contributed by atoms with van der Waals surface area (Å²) in [5.74, 6) is -0.572. The number of benzene rings is 1. The van der Waals surface area contributed by atoms with E-state index in [-0.39, 0.29) is 31.1 Å². The molecule has 0 saturated heterocycles. The molecule has 0 aliphatic heterocycles. The largest absolute Gasteiger partial charge is 0.487 e. The van der Waals surface area contributed by atoms with Gasteiger partial charge in [0.25, 0.3) is 0 Å². The average molecular weight is 688 g/mol. The molecule has 0 radical (unpaired) electrons. The van der Waals surface area contributed by atoms with Crippen LogP contribution in [0.25, 0.3) is 0 Å². The molecule has 1 atom stereocenters. The van der Waals surface area contributed by atoms with E-state index < -0.39 is 38.7 Å². The highest BCUT2D eigenvalue weighted by molar-refractivity contribution is 7.59. The molecule has 1 aromatic heterocycles. The Morgan fingerprint density at radius 1 is 0.830 bits per heavy atom. The summed E-state index contributed by atoms with van der Waals surface area (Å²) in [7, 11) is -4.38. The number of halogens is 3. The van der Waals surface area contributed by atoms with Crippen LogP contribution in [0.4, 0.5) is 13.2 Å². The Morgan fingerprint density at radius 3 is 1.96 bits per heavy atom. The topological polar surface area (TPSA) is 138 Å². The first-order valence-corrected chi connectivity index (χ1v) is 18.4. The van der Waals surface area contributed by atoms with Crippen molar-refractivity contribution in [2.75, 3.05) is 12.8 Å². The molecule has 1 aromatic carbocycles. The average Bonchev–Trinajstić information content (AvgIpc) is 3.00. The lowest BCUT2D eigenvalue weighted by atomic mass is 10.0. The van der Waals surface area contributed by atoms with Gasteiger partial charge in [-0.1, -0.05) is 96.1 Å². The normalized spacial score (nSPS) is 12.5. The summed E-state index contributed by atoms with van der Waals surface area (Å²) in [5, 5.41) is 2.69. The van der Waals surface area contributed by atoms with Gasteiger partial charge in [-0.15, -0.1) is 0 Å². The zero-order valence-electron chi connectivity index (χ0n) is 27.3. The molecule has 0 fully saturated rings. The van der Waals surface area contributed by atoms with Crippen LogP contribution in [0.2, 0.25) is 0 Å². The van der Waals surface area contributed by atoms with Crippen molar-refractivity contribution in [3.63, 3.8) is 0 Å². The summed E-state index contributed by atoms with van der Waals surface area (Å²) in [5.41, 5.74) is 1.00. The number of hydrogen-bond acceptors (Lipinski definition) is 8. The molecule has 0 aliphatic rings. The number of carbonyl (C=O) groups excluding carboxylic acids is 2. The molecule has 9 nitrogen and oxygen atoms in total. The number of amides is 1. The molecule has 47 heavy (non-hydrogen) atoms. The van der Waals surface area contributed by atoms with Gasteiger partial charge in [0.2, 0.25) is 11.7 Å². The van der Waals surface area contributed by atoms with E-state index in [1.165, 1.54) is 76.1 Å². The SMILES string of the molecule is CCCCCCCCCCCCCCCC(=O)N[C@@H](Cc1ccc(OCc2cc(OCC(F)(F)F)ccn2)cc1)C(=O)C[P+](O)(O)O. The van der Waals surface area contributed by atoms with E-state index in [0.717, 1.165) is 19.3 Å². The van der Waals surface area contributed by atoms with Gasteiger partial charge in [0.05, 0.1) is 11.7 Å². The molecular weight excluding hydrogens is 636 g/mol. The number of nitrogens with zero attached hydrogens (tertiary/aromatic N) is 1. The quantitative estimate of drug-likeness (QED) is 0.0625. The highest BCUT2D eigenvalue weighted by Crippen LogP contribution is 2.44. The number of alkyl halides is 3. The second-order valence-corrected chi connectivity index (χ2v) is 13.7. The van der Waals surface area contributed by atoms with Crippen molar-refractivity contribution in [2.45, 2.75) is 122 Å². The monoisotopic (exact) mass is 687 g/mol. The summed E-state index contributed by atoms with van der Waals surface area (Å²) >= 11 is 0. The first-order chi connectivity index (χ1) is 22.3. The third-order valence-corrected chi connectivity index (χ3v) is 8.28. The Bertz CT molecular complexity index is 1180. The third kappa shape index (κ3) is 20.2. The Balaban J connectivity index is 1.78. The Labute approximate surface area is 276 Å². The van der Waals surface area contributed by atoms with Gasteiger partial charge < -0.3 is 14.8 Å². The first kappa shape index (κ1) is 40.4. The van der Waals surface area contributed by atoms with E-state index in [2.05, 4.69) is 17.2 Å². The van der Waals surface area contributed by atoms with Gasteiger partial charge in [0.15, 0.2) is 12.8 Å². The third-order valence-electron chi connectivity index (χ3n) is 7.54. The molecule has 2 rings (SSSR count). The molecular formula is C34H51F3N2O7P+. The first-order valence-electron chi connectivity index (χ1n) is 16.6. The van der Waals surface area contributed by atoms with Crippen molar-refractivity contribution in [3.05, 3.63) is 53.9 Å². The fourth-order valence-corrected chi connectivity index (χ4v) is 5.68. The lowest BCUT2D eigenvalue weighted by Crippen LogP contribution is -2.43. The minimum Gasteiger partial charge on any atom is -0.487 e. The maximum absolute atomic E-state index is 12.8. The molecule has 0 bridgehead atoms. The molecule has 0 saturated carbocycles. The van der Waals surface area contributed by atoms with Crippen molar-refractivity contribution in [1.29, 1.82) is 0 Å². The standard InChI is InChI=1S/C34H50F3N2O7P/c1-2-3-4-5-6-7-8-9-10-11-12-13-14-15-33(41)39-31(32(40)25-47(42,43)44)22-27-16-18-29(19-17-27)45-24-28-23-30(20-21-38-28)46-26-34(35,36)37/h16-21,23,31,42-44H,2-15,22,24-26H2,1H3/p+1/t31-/m0/s1. The maximum Gasteiger partial charge on any atom is 0.422 e. The summed E-state index contributed by atoms with van der Waals surface area (Å²) in [6.45, 7) is 0.774. The van der Waals surface area contributed by atoms with Gasteiger partial charge in [-0.2, -0.15) is 27.9 Å². The number of Topliss-reactive ketones (excluding diaryl/α,β-unsaturated/α-hetero) is 1. The minimum absolute atomic E-state index is 0.0122. The van der Waals surface area contributed by atoms with Crippen LogP contribution >= 0.6 is 7.94 Å². The number of nitrogens with one attached hydrogen (secondary N) is 1. The van der Waals surface area contributed by atoms with Gasteiger partial charge in [-0.3, -0.25) is 14.6 Å². The van der Waals surface area contributed by atoms with Crippen LogP contribution in [0.5, 0.6) is 11.5 Å². The molecule has 0 aliphatic carbocycles. The van der Waals surface area contributed by atoms with Crippen molar-refractivity contribution < 1.29 is 46.9 Å². The van der Waals surface area contributed by atoms with Crippen LogP contribution in [-0.2, 0) is 22.6 Å². The zero-order chi connectivity index (χ0) is 34.5. The Morgan fingerprint density at radius 2 is 1.40 bits per heavy atom. The summed E-state index contributed by atoms with van der Waals surface area (Å²) in [4.78, 5) is 57.9. The highest BCUT2D eigenvalue weighted by Gasteiger charge is 2.37. The number of rotatable bonds is 25. The number of ether oxygens (including phenoxy) is 2. The molecule has 1 amide bonds. The second kappa shape index (κ2) is 22.0. The predicted molar refractivity (Wildman–Crippen MR) is 176 cm³/mol. The van der Waals surface area contributed by atoms with Gasteiger partial charge in [-0.25, -0.2) is 0 Å². The lowest BCUT2D eigenvalue weighted by molar-refractivity contribution is -0.153. The van der Waals surface area contributed by atoms with E-state index >= 15 is 0 Å². The number of carbonyl (C=O) groups is 2. The summed E-state index contributed by atoms with van der Waals surface area (Å²) in [6, 6.07) is 8.19. The van der Waals surface area contributed by atoms with Gasteiger partial charge in [0, 0.05) is 18.7 Å². The Hall–Kier alpha value is -2.79. The highest BCUT2D eigenvalue weighted by atomic mass is 31.2. The second-order valence-electron chi connectivity index (χ2n) is 12.0. The molecule has 2 aromatic rings. The number of unbranched alkanes of at least 4 members (excludes halogenated alkanes) is 12. The number of hydrogen-bond donors (Lipinski definition) is 4. The number of aromatic nitrogens is 1. The van der Waals surface area contributed by atoms with Gasteiger partial charge in [-0.05, 0) is 36.6 Å². The van der Waals surface area contributed by atoms with E-state index in [9.17, 15) is 37.4 Å². The van der Waals surface area contributed by atoms with Crippen LogP contribution in [0.1, 0.15) is 108 Å². The maximum atomic E-state index is 12.8. The minimum atomic E-state index is -4.46. The van der Waals surface area contributed by atoms with Crippen LogP contribution in [-0.4, -0.2) is 56.3 Å². The van der Waals surface area contributed by atoms with E-state index in [1.807, 2.05) is 0 Å². The predicted octanol–water partition coefficient (Wildman–Crippen LogP) is 7.42. The number of pyridine rings is 1. The molecule has 4 N–H and O–H groups in total. The molecule has 0 spiro atoms.